The molecule has 38 heavy (non-hydrogen) atoms. The van der Waals surface area contributed by atoms with Gasteiger partial charge in [-0.25, -0.2) is 4.79 Å². The van der Waals surface area contributed by atoms with Crippen molar-refractivity contribution in [1.82, 2.24) is 15.1 Å². The molecule has 6 nitrogen and oxygen atoms in total. The molecule has 8 heteroatoms. The van der Waals surface area contributed by atoms with E-state index < -0.39 is 0 Å². The first-order valence-electron chi connectivity index (χ1n) is 13.2. The van der Waals surface area contributed by atoms with Gasteiger partial charge in [0.2, 0.25) is 5.91 Å². The van der Waals surface area contributed by atoms with Crippen LogP contribution in [0.25, 0.3) is 0 Å². The molecular formula is C30H33Cl2N4O2+. The molecule has 2 aliphatic rings. The van der Waals surface area contributed by atoms with E-state index in [1.165, 1.54) is 4.90 Å². The molecule has 2 heterocycles. The number of piperazine rings is 1. The third-order valence-electron chi connectivity index (χ3n) is 7.55. The molecule has 0 spiro atoms. The monoisotopic (exact) mass is 551 g/mol. The van der Waals surface area contributed by atoms with Gasteiger partial charge in [-0.05, 0) is 23.8 Å². The van der Waals surface area contributed by atoms with Crippen LogP contribution < -0.4 is 10.2 Å². The van der Waals surface area contributed by atoms with Crippen LogP contribution in [-0.4, -0.2) is 61.0 Å². The molecule has 2 aliphatic heterocycles. The zero-order valence-corrected chi connectivity index (χ0v) is 22.8. The van der Waals surface area contributed by atoms with Crippen molar-refractivity contribution in [2.24, 2.45) is 5.92 Å². The van der Waals surface area contributed by atoms with E-state index in [9.17, 15) is 9.59 Å². The van der Waals surface area contributed by atoms with E-state index in [0.717, 1.165) is 34.8 Å². The van der Waals surface area contributed by atoms with Crippen LogP contribution in [0.15, 0.2) is 78.9 Å². The lowest BCUT2D eigenvalue weighted by molar-refractivity contribution is -0.929. The Labute approximate surface area is 234 Å². The molecule has 2 atom stereocenters. The average Bonchev–Trinajstić information content (AvgIpc) is 3.28. The van der Waals surface area contributed by atoms with Gasteiger partial charge in [0.05, 0.1) is 31.2 Å². The number of nitrogens with one attached hydrogen (secondary N) is 2. The molecule has 3 aromatic carbocycles. The number of benzene rings is 3. The molecule has 2 N–H and O–H groups in total. The summed E-state index contributed by atoms with van der Waals surface area (Å²) >= 11 is 13.0. The van der Waals surface area contributed by atoms with Gasteiger partial charge in [-0.2, -0.15) is 0 Å². The van der Waals surface area contributed by atoms with Gasteiger partial charge in [0.25, 0.3) is 0 Å². The Morgan fingerprint density at radius 3 is 2.45 bits per heavy atom. The lowest BCUT2D eigenvalue weighted by atomic mass is 9.96. The quantitative estimate of drug-likeness (QED) is 0.465. The molecule has 0 aromatic heterocycles. The molecule has 0 unspecified atom stereocenters. The standard InChI is InChI=1S/C30H32Cl2N4O2/c31-25-10-6-9-24(18-25)29(26-11-4-5-12-27(26)32)34-13-15-35(16-14-34)30(38)33-19-23-17-28(37)36(21-23)20-22-7-2-1-3-8-22/h1-12,18,23,29H,13-17,19-21H2,(H,33,38)/p+1/t23-,29+/m1/s1. The minimum absolute atomic E-state index is 0.0349. The number of nitrogens with zero attached hydrogens (tertiary/aromatic N) is 2. The summed E-state index contributed by atoms with van der Waals surface area (Å²) in [5.41, 5.74) is 3.30. The Hall–Kier alpha value is -3.06. The molecule has 3 aromatic rings. The number of amides is 3. The fourth-order valence-electron chi connectivity index (χ4n) is 5.61. The molecule has 0 aliphatic carbocycles. The van der Waals surface area contributed by atoms with E-state index in [2.05, 4.69) is 17.4 Å². The predicted octanol–water partition coefficient (Wildman–Crippen LogP) is 4.04. The third-order valence-corrected chi connectivity index (χ3v) is 8.13. The predicted molar refractivity (Wildman–Crippen MR) is 150 cm³/mol. The number of urea groups is 1. The van der Waals surface area contributed by atoms with Gasteiger partial charge in [0, 0.05) is 48.1 Å². The summed E-state index contributed by atoms with van der Waals surface area (Å²) in [6.45, 7) is 4.68. The second kappa shape index (κ2) is 12.2. The van der Waals surface area contributed by atoms with Crippen LogP contribution in [0.2, 0.25) is 10.0 Å². The first kappa shape index (κ1) is 26.5. The number of hydrogen-bond donors (Lipinski definition) is 2. The van der Waals surface area contributed by atoms with Crippen LogP contribution in [0.3, 0.4) is 0 Å². The van der Waals surface area contributed by atoms with E-state index in [1.807, 2.05) is 76.5 Å². The lowest BCUT2D eigenvalue weighted by Crippen LogP contribution is -3.15. The molecule has 198 valence electrons. The topological polar surface area (TPSA) is 57.1 Å². The zero-order valence-electron chi connectivity index (χ0n) is 21.3. The van der Waals surface area contributed by atoms with Crippen molar-refractivity contribution in [3.63, 3.8) is 0 Å². The first-order chi connectivity index (χ1) is 18.5. The van der Waals surface area contributed by atoms with Crippen molar-refractivity contribution in [2.75, 3.05) is 39.3 Å². The molecule has 3 amide bonds. The Morgan fingerprint density at radius 1 is 0.974 bits per heavy atom. The van der Waals surface area contributed by atoms with Gasteiger partial charge >= 0.3 is 6.03 Å². The Kier molecular flexibility index (Phi) is 8.52. The smallest absolute Gasteiger partial charge is 0.317 e. The highest BCUT2D eigenvalue weighted by molar-refractivity contribution is 6.31. The maximum absolute atomic E-state index is 13.0. The highest BCUT2D eigenvalue weighted by Crippen LogP contribution is 2.28. The Balaban J connectivity index is 1.16. The van der Waals surface area contributed by atoms with Crippen molar-refractivity contribution in [1.29, 1.82) is 0 Å². The largest absolute Gasteiger partial charge is 0.338 e. The van der Waals surface area contributed by atoms with Crippen LogP contribution in [0.1, 0.15) is 29.2 Å². The molecule has 0 saturated carbocycles. The van der Waals surface area contributed by atoms with Gasteiger partial charge in [0.1, 0.15) is 6.04 Å². The second-order valence-electron chi connectivity index (χ2n) is 10.2. The summed E-state index contributed by atoms with van der Waals surface area (Å²) < 4.78 is 0. The van der Waals surface area contributed by atoms with E-state index in [-0.39, 0.29) is 23.9 Å². The summed E-state index contributed by atoms with van der Waals surface area (Å²) in [7, 11) is 0. The van der Waals surface area contributed by atoms with Crippen molar-refractivity contribution < 1.29 is 14.5 Å². The second-order valence-corrected chi connectivity index (χ2v) is 11.0. The van der Waals surface area contributed by atoms with Gasteiger partial charge < -0.3 is 20.0 Å². The number of rotatable bonds is 7. The summed E-state index contributed by atoms with van der Waals surface area (Å²) in [6.07, 6.45) is 0.476. The number of likely N-dealkylation sites (tertiary alicyclic amines) is 1. The SMILES string of the molecule is O=C1C[C@H](CNC(=O)N2CC[NH+]([C@@H](c3cccc(Cl)c3)c3ccccc3Cl)CC2)CN1Cc1ccccc1. The average molecular weight is 553 g/mol. The van der Waals surface area contributed by atoms with Crippen LogP contribution >= 0.6 is 23.2 Å². The van der Waals surface area contributed by atoms with E-state index in [0.29, 0.717) is 44.2 Å². The van der Waals surface area contributed by atoms with Crippen molar-refractivity contribution >= 4 is 35.1 Å². The normalized spacial score (nSPS) is 19.0. The zero-order chi connectivity index (χ0) is 26.5. The van der Waals surface area contributed by atoms with Crippen LogP contribution in [0, 0.1) is 5.92 Å². The number of hydrogen-bond acceptors (Lipinski definition) is 2. The van der Waals surface area contributed by atoms with Crippen molar-refractivity contribution in [3.05, 3.63) is 106 Å². The maximum atomic E-state index is 13.0. The van der Waals surface area contributed by atoms with Crippen LogP contribution in [-0.2, 0) is 11.3 Å². The minimum atomic E-state index is -0.0601. The van der Waals surface area contributed by atoms with E-state index in [4.69, 9.17) is 23.2 Å². The fraction of sp³-hybridized carbons (Fsp3) is 0.333. The highest BCUT2D eigenvalue weighted by Gasteiger charge is 2.34. The Morgan fingerprint density at radius 2 is 1.71 bits per heavy atom. The molecule has 2 saturated heterocycles. The lowest BCUT2D eigenvalue weighted by Gasteiger charge is -2.37. The molecule has 0 radical (unpaired) electrons. The van der Waals surface area contributed by atoms with Crippen LogP contribution in [0.4, 0.5) is 4.79 Å². The van der Waals surface area contributed by atoms with Crippen molar-refractivity contribution in [2.45, 2.75) is 19.0 Å². The molecular weight excluding hydrogens is 519 g/mol. The summed E-state index contributed by atoms with van der Waals surface area (Å²) in [4.78, 5) is 30.6. The Bertz CT molecular complexity index is 1260. The van der Waals surface area contributed by atoms with Gasteiger partial charge in [-0.15, -0.1) is 0 Å². The van der Waals surface area contributed by atoms with Crippen LogP contribution in [0.5, 0.6) is 0 Å². The first-order valence-corrected chi connectivity index (χ1v) is 13.9. The van der Waals surface area contributed by atoms with Gasteiger partial charge in [0.15, 0.2) is 0 Å². The van der Waals surface area contributed by atoms with Gasteiger partial charge in [-0.3, -0.25) is 4.79 Å². The summed E-state index contributed by atoms with van der Waals surface area (Å²) in [6, 6.07) is 25.9. The number of carbonyl (C=O) groups excluding carboxylic acids is 2. The number of quaternary nitrogens is 1. The molecule has 0 bridgehead atoms. The van der Waals surface area contributed by atoms with E-state index in [1.54, 1.807) is 0 Å². The number of halogens is 2. The van der Waals surface area contributed by atoms with E-state index >= 15 is 0 Å². The molecule has 5 rings (SSSR count). The third kappa shape index (κ3) is 6.32. The summed E-state index contributed by atoms with van der Waals surface area (Å²) in [5.74, 6) is 0.284. The highest BCUT2D eigenvalue weighted by atomic mass is 35.5. The van der Waals surface area contributed by atoms with Crippen molar-refractivity contribution in [3.8, 4) is 0 Å². The fourth-order valence-corrected chi connectivity index (χ4v) is 6.05. The summed E-state index contributed by atoms with van der Waals surface area (Å²) in [5, 5.41) is 4.52. The molecule has 2 fully saturated rings. The van der Waals surface area contributed by atoms with Gasteiger partial charge in [-0.1, -0.05) is 83.9 Å². The number of carbonyl (C=O) groups is 2. The maximum Gasteiger partial charge on any atom is 0.317 e. The minimum Gasteiger partial charge on any atom is -0.338 e.